The van der Waals surface area contributed by atoms with Crippen LogP contribution in [0.3, 0.4) is 0 Å². The maximum Gasteiger partial charge on any atom is 0.303 e. The van der Waals surface area contributed by atoms with E-state index in [1.165, 1.54) is 11.3 Å². The Balaban J connectivity index is 1.85. The average Bonchev–Trinajstić information content (AvgIpc) is 2.61. The normalized spacial score (nSPS) is 16.1. The Morgan fingerprint density at radius 1 is 1.60 bits per heavy atom. The summed E-state index contributed by atoms with van der Waals surface area (Å²) in [5.74, 6) is -0.802. The van der Waals surface area contributed by atoms with E-state index >= 15 is 0 Å². The fraction of sp³-hybridized carbons (Fsp3) is 0.444. The number of carboxylic acids is 1. The van der Waals surface area contributed by atoms with Crippen LogP contribution in [0, 0.1) is 5.92 Å². The maximum atomic E-state index is 11.6. The van der Waals surface area contributed by atoms with Gasteiger partial charge >= 0.3 is 5.97 Å². The molecular weight excluding hydrogens is 216 g/mol. The van der Waals surface area contributed by atoms with Gasteiger partial charge in [0.1, 0.15) is 5.69 Å². The minimum atomic E-state index is -0.805. The molecule has 15 heavy (non-hydrogen) atoms. The zero-order chi connectivity index (χ0) is 10.8. The molecule has 0 unspecified atom stereocenters. The number of carbonyl (C=O) groups excluding carboxylic acids is 1. The summed E-state index contributed by atoms with van der Waals surface area (Å²) in [7, 11) is 0. The molecular formula is C9H10N2O3S. The number of carboxylic acid groups (broad SMARTS) is 1. The number of thiazole rings is 1. The van der Waals surface area contributed by atoms with Gasteiger partial charge in [-0.15, -0.1) is 11.3 Å². The molecule has 2 heterocycles. The monoisotopic (exact) mass is 226 g/mol. The van der Waals surface area contributed by atoms with Crippen molar-refractivity contribution in [2.75, 3.05) is 13.1 Å². The van der Waals surface area contributed by atoms with Crippen molar-refractivity contribution in [3.05, 3.63) is 16.6 Å². The molecule has 1 aliphatic heterocycles. The number of carbonyl (C=O) groups is 2. The summed E-state index contributed by atoms with van der Waals surface area (Å²) in [4.78, 5) is 27.6. The fourth-order valence-corrected chi connectivity index (χ4v) is 2.12. The highest BCUT2D eigenvalue weighted by Gasteiger charge is 2.33. The summed E-state index contributed by atoms with van der Waals surface area (Å²) in [6.45, 7) is 1.06. The van der Waals surface area contributed by atoms with Crippen molar-refractivity contribution < 1.29 is 14.7 Å². The third kappa shape index (κ3) is 2.15. The number of rotatable bonds is 3. The lowest BCUT2D eigenvalue weighted by Crippen LogP contribution is -2.50. The Kier molecular flexibility index (Phi) is 2.68. The Bertz CT molecular complexity index is 371. The molecule has 5 nitrogen and oxygen atoms in total. The summed E-state index contributed by atoms with van der Waals surface area (Å²) in [6.07, 6.45) is 0.140. The molecule has 0 spiro atoms. The minimum absolute atomic E-state index is 0.0992. The Morgan fingerprint density at radius 3 is 2.87 bits per heavy atom. The van der Waals surface area contributed by atoms with Gasteiger partial charge in [-0.2, -0.15) is 0 Å². The van der Waals surface area contributed by atoms with Gasteiger partial charge in [0.25, 0.3) is 5.91 Å². The Hall–Kier alpha value is -1.43. The maximum absolute atomic E-state index is 11.6. The number of aliphatic carboxylic acids is 1. The van der Waals surface area contributed by atoms with Crippen molar-refractivity contribution in [2.24, 2.45) is 5.92 Å². The van der Waals surface area contributed by atoms with Crippen LogP contribution < -0.4 is 0 Å². The second-order valence-electron chi connectivity index (χ2n) is 3.55. The van der Waals surface area contributed by atoms with Crippen LogP contribution in [0.2, 0.25) is 0 Å². The fourth-order valence-electron chi connectivity index (χ4n) is 1.59. The molecule has 1 aliphatic rings. The lowest BCUT2D eigenvalue weighted by molar-refractivity contribution is -0.139. The summed E-state index contributed by atoms with van der Waals surface area (Å²) in [6, 6.07) is 0. The standard InChI is InChI=1S/C9H10N2O3S/c12-8(13)1-6-2-11(3-6)9(14)7-4-15-5-10-7/h4-6H,1-3H2,(H,12,13). The highest BCUT2D eigenvalue weighted by Crippen LogP contribution is 2.21. The number of hydrogen-bond donors (Lipinski definition) is 1. The van der Waals surface area contributed by atoms with Crippen LogP contribution in [0.5, 0.6) is 0 Å². The Labute approximate surface area is 90.4 Å². The number of likely N-dealkylation sites (tertiary alicyclic amines) is 1. The first-order valence-corrected chi connectivity index (χ1v) is 5.50. The van der Waals surface area contributed by atoms with Crippen LogP contribution in [0.15, 0.2) is 10.9 Å². The summed E-state index contributed by atoms with van der Waals surface area (Å²) >= 11 is 1.38. The number of amides is 1. The molecule has 1 aromatic heterocycles. The molecule has 0 atom stereocenters. The molecule has 80 valence electrons. The highest BCUT2D eigenvalue weighted by molar-refractivity contribution is 7.07. The molecule has 0 aliphatic carbocycles. The third-order valence-electron chi connectivity index (χ3n) is 2.36. The van der Waals surface area contributed by atoms with Gasteiger partial charge in [0.15, 0.2) is 0 Å². The van der Waals surface area contributed by atoms with Crippen molar-refractivity contribution in [1.29, 1.82) is 0 Å². The molecule has 0 aromatic carbocycles. The summed E-state index contributed by atoms with van der Waals surface area (Å²) in [5, 5.41) is 10.2. The molecule has 0 radical (unpaired) electrons. The molecule has 6 heteroatoms. The van der Waals surface area contributed by atoms with Gasteiger partial charge in [0.05, 0.1) is 11.9 Å². The van der Waals surface area contributed by atoms with Crippen LogP contribution in [-0.4, -0.2) is 40.0 Å². The van der Waals surface area contributed by atoms with E-state index in [9.17, 15) is 9.59 Å². The van der Waals surface area contributed by atoms with E-state index in [2.05, 4.69) is 4.98 Å². The first kappa shape index (κ1) is 10.1. The van der Waals surface area contributed by atoms with E-state index in [1.807, 2.05) is 0 Å². The van der Waals surface area contributed by atoms with Crippen molar-refractivity contribution >= 4 is 23.2 Å². The van der Waals surface area contributed by atoms with Crippen LogP contribution in [0.25, 0.3) is 0 Å². The molecule has 0 saturated carbocycles. The molecule has 1 amide bonds. The van der Waals surface area contributed by atoms with Gasteiger partial charge in [-0.1, -0.05) is 0 Å². The number of nitrogens with zero attached hydrogens (tertiary/aromatic N) is 2. The topological polar surface area (TPSA) is 70.5 Å². The zero-order valence-electron chi connectivity index (χ0n) is 7.92. The Morgan fingerprint density at radius 2 is 2.33 bits per heavy atom. The first-order valence-electron chi connectivity index (χ1n) is 4.56. The average molecular weight is 226 g/mol. The van der Waals surface area contributed by atoms with Crippen molar-refractivity contribution in [1.82, 2.24) is 9.88 Å². The van der Waals surface area contributed by atoms with E-state index in [1.54, 1.807) is 15.8 Å². The quantitative estimate of drug-likeness (QED) is 0.823. The van der Waals surface area contributed by atoms with Gasteiger partial charge in [-0.25, -0.2) is 4.98 Å². The summed E-state index contributed by atoms with van der Waals surface area (Å²) in [5.41, 5.74) is 2.07. The molecule has 1 aromatic rings. The van der Waals surface area contributed by atoms with Gasteiger partial charge in [0, 0.05) is 24.4 Å². The van der Waals surface area contributed by atoms with E-state index < -0.39 is 5.97 Å². The smallest absolute Gasteiger partial charge is 0.303 e. The minimum Gasteiger partial charge on any atom is -0.481 e. The van der Waals surface area contributed by atoms with E-state index in [-0.39, 0.29) is 18.2 Å². The SMILES string of the molecule is O=C(O)CC1CN(C(=O)c2cscn2)C1. The lowest BCUT2D eigenvalue weighted by atomic mass is 9.96. The van der Waals surface area contributed by atoms with Crippen molar-refractivity contribution in [3.8, 4) is 0 Å². The van der Waals surface area contributed by atoms with Crippen molar-refractivity contribution in [3.63, 3.8) is 0 Å². The molecule has 1 fully saturated rings. The van der Waals surface area contributed by atoms with Gasteiger partial charge < -0.3 is 10.0 Å². The van der Waals surface area contributed by atoms with E-state index in [4.69, 9.17) is 5.11 Å². The van der Waals surface area contributed by atoms with Crippen molar-refractivity contribution in [2.45, 2.75) is 6.42 Å². The second kappa shape index (κ2) is 3.98. The summed E-state index contributed by atoms with van der Waals surface area (Å²) < 4.78 is 0. The van der Waals surface area contributed by atoms with Crippen LogP contribution in [0.1, 0.15) is 16.9 Å². The van der Waals surface area contributed by atoms with E-state index in [0.717, 1.165) is 0 Å². The first-order chi connectivity index (χ1) is 7.16. The van der Waals surface area contributed by atoms with Gasteiger partial charge in [0.2, 0.25) is 0 Å². The van der Waals surface area contributed by atoms with Gasteiger partial charge in [-0.3, -0.25) is 9.59 Å². The highest BCUT2D eigenvalue weighted by atomic mass is 32.1. The molecule has 0 bridgehead atoms. The molecule has 2 rings (SSSR count). The van der Waals surface area contributed by atoms with E-state index in [0.29, 0.717) is 18.8 Å². The largest absolute Gasteiger partial charge is 0.481 e. The van der Waals surface area contributed by atoms with Gasteiger partial charge in [-0.05, 0) is 0 Å². The predicted molar refractivity (Wildman–Crippen MR) is 53.8 cm³/mol. The van der Waals surface area contributed by atoms with Crippen LogP contribution in [-0.2, 0) is 4.79 Å². The lowest BCUT2D eigenvalue weighted by Gasteiger charge is -2.38. The predicted octanol–water partition coefficient (Wildman–Crippen LogP) is 0.690. The zero-order valence-corrected chi connectivity index (χ0v) is 8.74. The third-order valence-corrected chi connectivity index (χ3v) is 2.95. The van der Waals surface area contributed by atoms with Crippen LogP contribution >= 0.6 is 11.3 Å². The number of aromatic nitrogens is 1. The second-order valence-corrected chi connectivity index (χ2v) is 4.27. The number of hydrogen-bond acceptors (Lipinski definition) is 4. The molecule has 1 N–H and O–H groups in total. The van der Waals surface area contributed by atoms with Crippen LogP contribution in [0.4, 0.5) is 0 Å². The molecule has 1 saturated heterocycles.